The summed E-state index contributed by atoms with van der Waals surface area (Å²) in [4.78, 5) is 26.5. The number of amides is 2. The molecule has 25 heavy (non-hydrogen) atoms. The van der Waals surface area contributed by atoms with E-state index in [1.807, 2.05) is 43.3 Å². The molecule has 4 nitrogen and oxygen atoms in total. The predicted octanol–water partition coefficient (Wildman–Crippen LogP) is 4.24. The molecule has 0 aromatic heterocycles. The quantitative estimate of drug-likeness (QED) is 0.623. The fraction of sp³-hybridized carbons (Fsp3) is 0.238. The fourth-order valence-electron chi connectivity index (χ4n) is 3.46. The van der Waals surface area contributed by atoms with Crippen LogP contribution < -0.4 is 9.64 Å². The first-order chi connectivity index (χ1) is 12.1. The molecule has 2 amide bonds. The van der Waals surface area contributed by atoms with Gasteiger partial charge in [-0.25, -0.2) is 0 Å². The second-order valence-electron chi connectivity index (χ2n) is 6.58. The molecule has 1 saturated heterocycles. The van der Waals surface area contributed by atoms with Crippen LogP contribution in [0.3, 0.4) is 0 Å². The molecule has 1 aliphatic carbocycles. The molecular weight excluding hydrogens is 314 g/mol. The molecule has 4 heteroatoms. The number of fused-ring (bicyclic) bond motifs is 1. The summed E-state index contributed by atoms with van der Waals surface area (Å²) >= 11 is 0. The van der Waals surface area contributed by atoms with Gasteiger partial charge in [-0.1, -0.05) is 29.8 Å². The Labute approximate surface area is 146 Å². The summed E-state index contributed by atoms with van der Waals surface area (Å²) in [6.45, 7) is 2.02. The summed E-state index contributed by atoms with van der Waals surface area (Å²) in [7, 11) is 0. The van der Waals surface area contributed by atoms with E-state index in [0.29, 0.717) is 24.3 Å². The highest BCUT2D eigenvalue weighted by molar-refractivity contribution is 6.22. The van der Waals surface area contributed by atoms with Gasteiger partial charge in [0.1, 0.15) is 11.5 Å². The minimum Gasteiger partial charge on any atom is -0.457 e. The minimum atomic E-state index is -0.207. The number of imide groups is 1. The van der Waals surface area contributed by atoms with Crippen molar-refractivity contribution >= 4 is 17.5 Å². The summed E-state index contributed by atoms with van der Waals surface area (Å²) in [6.07, 6.45) is 5.30. The first-order valence-corrected chi connectivity index (χ1v) is 8.51. The maximum atomic E-state index is 12.6. The molecule has 0 N–H and O–H groups in total. The molecule has 4 rings (SSSR count). The van der Waals surface area contributed by atoms with Crippen molar-refractivity contribution in [2.24, 2.45) is 11.8 Å². The van der Waals surface area contributed by atoms with Gasteiger partial charge in [-0.05, 0) is 56.2 Å². The normalized spacial score (nSPS) is 22.2. The predicted molar refractivity (Wildman–Crippen MR) is 95.5 cm³/mol. The third kappa shape index (κ3) is 2.84. The third-order valence-electron chi connectivity index (χ3n) is 4.86. The van der Waals surface area contributed by atoms with E-state index in [1.54, 1.807) is 24.3 Å². The molecule has 2 aliphatic rings. The van der Waals surface area contributed by atoms with Crippen molar-refractivity contribution in [1.29, 1.82) is 0 Å². The average molecular weight is 333 g/mol. The molecule has 2 unspecified atom stereocenters. The van der Waals surface area contributed by atoms with Gasteiger partial charge in [-0.2, -0.15) is 0 Å². The van der Waals surface area contributed by atoms with Crippen LogP contribution in [0.25, 0.3) is 0 Å². The Morgan fingerprint density at radius 1 is 0.800 bits per heavy atom. The van der Waals surface area contributed by atoms with E-state index in [2.05, 4.69) is 0 Å². The fourth-order valence-corrected chi connectivity index (χ4v) is 3.46. The minimum absolute atomic E-state index is 0.0912. The highest BCUT2D eigenvalue weighted by Gasteiger charge is 2.47. The largest absolute Gasteiger partial charge is 0.457 e. The topological polar surface area (TPSA) is 46.6 Å². The van der Waals surface area contributed by atoms with Gasteiger partial charge in [0.25, 0.3) is 0 Å². The lowest BCUT2D eigenvalue weighted by molar-refractivity contribution is -0.122. The number of hydrogen-bond acceptors (Lipinski definition) is 3. The van der Waals surface area contributed by atoms with E-state index in [0.717, 1.165) is 5.75 Å². The molecule has 2 aromatic carbocycles. The number of carbonyl (C=O) groups excluding carboxylic acids is 2. The van der Waals surface area contributed by atoms with Gasteiger partial charge < -0.3 is 4.74 Å². The van der Waals surface area contributed by atoms with Crippen molar-refractivity contribution in [2.75, 3.05) is 4.90 Å². The SMILES string of the molecule is Cc1ccc(Oc2ccc(N3C(=O)C4CC=CCC4C3=O)cc2)cc1. The van der Waals surface area contributed by atoms with Crippen LogP contribution >= 0.6 is 0 Å². The maximum Gasteiger partial charge on any atom is 0.238 e. The lowest BCUT2D eigenvalue weighted by atomic mass is 9.85. The summed E-state index contributed by atoms with van der Waals surface area (Å²) in [5.41, 5.74) is 1.78. The number of aryl methyl sites for hydroxylation is 1. The van der Waals surface area contributed by atoms with Crippen molar-refractivity contribution in [2.45, 2.75) is 19.8 Å². The number of benzene rings is 2. The molecule has 1 heterocycles. The van der Waals surface area contributed by atoms with Crippen LogP contribution in [0.5, 0.6) is 11.5 Å². The first-order valence-electron chi connectivity index (χ1n) is 8.51. The first kappa shape index (κ1) is 15.6. The molecule has 0 radical (unpaired) electrons. The number of ether oxygens (including phenoxy) is 1. The van der Waals surface area contributed by atoms with E-state index in [-0.39, 0.29) is 23.7 Å². The zero-order valence-corrected chi connectivity index (χ0v) is 14.0. The highest BCUT2D eigenvalue weighted by atomic mass is 16.5. The van der Waals surface area contributed by atoms with Gasteiger partial charge in [-0.3, -0.25) is 14.5 Å². The van der Waals surface area contributed by atoms with Crippen molar-refractivity contribution in [3.63, 3.8) is 0 Å². The molecule has 1 fully saturated rings. The molecule has 0 spiro atoms. The van der Waals surface area contributed by atoms with Crippen LogP contribution in [0.4, 0.5) is 5.69 Å². The van der Waals surface area contributed by atoms with E-state index in [9.17, 15) is 9.59 Å². The lowest BCUT2D eigenvalue weighted by Crippen LogP contribution is -2.30. The number of nitrogens with zero attached hydrogens (tertiary/aromatic N) is 1. The molecule has 2 atom stereocenters. The Balaban J connectivity index is 1.53. The Morgan fingerprint density at radius 3 is 1.80 bits per heavy atom. The molecular formula is C21H19NO3. The van der Waals surface area contributed by atoms with Crippen LogP contribution in [0, 0.1) is 18.8 Å². The Morgan fingerprint density at radius 2 is 1.28 bits per heavy atom. The van der Waals surface area contributed by atoms with E-state index in [1.165, 1.54) is 10.5 Å². The zero-order chi connectivity index (χ0) is 17.4. The maximum absolute atomic E-state index is 12.6. The van der Waals surface area contributed by atoms with E-state index < -0.39 is 0 Å². The Bertz CT molecular complexity index is 810. The zero-order valence-electron chi connectivity index (χ0n) is 14.0. The lowest BCUT2D eigenvalue weighted by Gasteiger charge is -2.15. The van der Waals surface area contributed by atoms with Gasteiger partial charge in [0.05, 0.1) is 17.5 Å². The molecule has 126 valence electrons. The number of allylic oxidation sites excluding steroid dienone is 2. The molecule has 2 aromatic rings. The number of rotatable bonds is 3. The van der Waals surface area contributed by atoms with Crippen molar-refractivity contribution in [1.82, 2.24) is 0 Å². The van der Waals surface area contributed by atoms with Crippen LogP contribution in [0.15, 0.2) is 60.7 Å². The number of hydrogen-bond donors (Lipinski definition) is 0. The standard InChI is InChI=1S/C21H19NO3/c1-14-6-10-16(11-7-14)25-17-12-8-15(9-13-17)22-20(23)18-4-2-3-5-19(18)21(22)24/h2-3,6-13,18-19H,4-5H2,1H3. The Kier molecular flexibility index (Phi) is 3.88. The summed E-state index contributed by atoms with van der Waals surface area (Å²) in [5.74, 6) is 0.828. The van der Waals surface area contributed by atoms with Crippen molar-refractivity contribution in [3.8, 4) is 11.5 Å². The van der Waals surface area contributed by atoms with Crippen LogP contribution in [0.2, 0.25) is 0 Å². The van der Waals surface area contributed by atoms with Crippen LogP contribution in [-0.2, 0) is 9.59 Å². The summed E-state index contributed by atoms with van der Waals surface area (Å²) < 4.78 is 5.80. The van der Waals surface area contributed by atoms with Crippen LogP contribution in [0.1, 0.15) is 18.4 Å². The van der Waals surface area contributed by atoms with Gasteiger partial charge >= 0.3 is 0 Å². The van der Waals surface area contributed by atoms with Gasteiger partial charge in [0.2, 0.25) is 11.8 Å². The second-order valence-corrected chi connectivity index (χ2v) is 6.58. The van der Waals surface area contributed by atoms with E-state index >= 15 is 0 Å². The monoisotopic (exact) mass is 333 g/mol. The Hall–Kier alpha value is -2.88. The molecule has 0 saturated carbocycles. The van der Waals surface area contributed by atoms with Crippen molar-refractivity contribution in [3.05, 3.63) is 66.2 Å². The van der Waals surface area contributed by atoms with Gasteiger partial charge in [0, 0.05) is 0 Å². The van der Waals surface area contributed by atoms with Crippen LogP contribution in [-0.4, -0.2) is 11.8 Å². The van der Waals surface area contributed by atoms with Gasteiger partial charge in [-0.15, -0.1) is 0 Å². The average Bonchev–Trinajstić information content (AvgIpc) is 2.89. The number of anilines is 1. The summed E-state index contributed by atoms with van der Waals surface area (Å²) in [5, 5.41) is 0. The molecule has 1 aliphatic heterocycles. The van der Waals surface area contributed by atoms with Gasteiger partial charge in [0.15, 0.2) is 0 Å². The highest BCUT2D eigenvalue weighted by Crippen LogP contribution is 2.38. The second kappa shape index (κ2) is 6.20. The smallest absolute Gasteiger partial charge is 0.238 e. The molecule has 0 bridgehead atoms. The van der Waals surface area contributed by atoms with Crippen molar-refractivity contribution < 1.29 is 14.3 Å². The number of carbonyl (C=O) groups is 2. The third-order valence-corrected chi connectivity index (χ3v) is 4.86. The summed E-state index contributed by atoms with van der Waals surface area (Å²) in [6, 6.07) is 14.9. The van der Waals surface area contributed by atoms with E-state index in [4.69, 9.17) is 4.74 Å².